The highest BCUT2D eigenvalue weighted by atomic mass is 19.1. The molecular formula is C30H37FN4O4. The molecule has 1 aromatic heterocycles. The van der Waals surface area contributed by atoms with Crippen LogP contribution in [0.1, 0.15) is 66.4 Å². The number of rotatable bonds is 7. The van der Waals surface area contributed by atoms with E-state index in [2.05, 4.69) is 15.5 Å². The lowest BCUT2D eigenvalue weighted by molar-refractivity contribution is -0.136. The number of amides is 2. The molecule has 2 amide bonds. The van der Waals surface area contributed by atoms with Gasteiger partial charge in [-0.15, -0.1) is 0 Å². The summed E-state index contributed by atoms with van der Waals surface area (Å²) >= 11 is 0. The van der Waals surface area contributed by atoms with E-state index in [1.807, 2.05) is 27.7 Å². The minimum absolute atomic E-state index is 0.0205. The van der Waals surface area contributed by atoms with Gasteiger partial charge in [0, 0.05) is 29.0 Å². The molecule has 1 aliphatic heterocycles. The Balaban J connectivity index is 1.47. The van der Waals surface area contributed by atoms with Crippen molar-refractivity contribution in [3.63, 3.8) is 0 Å². The van der Waals surface area contributed by atoms with Gasteiger partial charge in [-0.1, -0.05) is 32.9 Å². The lowest BCUT2D eigenvalue weighted by atomic mass is 9.75. The van der Waals surface area contributed by atoms with E-state index in [9.17, 15) is 23.9 Å². The van der Waals surface area contributed by atoms with Gasteiger partial charge in [-0.05, 0) is 74.1 Å². The predicted octanol–water partition coefficient (Wildman–Crippen LogP) is 3.51. The molecule has 0 radical (unpaired) electrons. The smallest absolute Gasteiger partial charge is 0.267 e. The van der Waals surface area contributed by atoms with Gasteiger partial charge in [0.2, 0.25) is 5.91 Å². The topological polar surface area (TPSA) is 115 Å². The highest BCUT2D eigenvalue weighted by Crippen LogP contribution is 2.44. The van der Waals surface area contributed by atoms with Gasteiger partial charge in [0.25, 0.3) is 11.5 Å². The summed E-state index contributed by atoms with van der Waals surface area (Å²) in [5.74, 6) is -1.08. The summed E-state index contributed by atoms with van der Waals surface area (Å²) in [6.07, 6.45) is 5.28. The highest BCUT2D eigenvalue weighted by molar-refractivity contribution is 5.96. The van der Waals surface area contributed by atoms with E-state index in [0.717, 1.165) is 11.1 Å². The van der Waals surface area contributed by atoms with E-state index < -0.39 is 29.5 Å². The Kier molecular flexibility index (Phi) is 8.20. The van der Waals surface area contributed by atoms with Crippen molar-refractivity contribution in [1.82, 2.24) is 20.4 Å². The first-order chi connectivity index (χ1) is 18.4. The second kappa shape index (κ2) is 11.3. The maximum Gasteiger partial charge on any atom is 0.267 e. The quantitative estimate of drug-likeness (QED) is 0.501. The first-order valence-electron chi connectivity index (χ1n) is 13.4. The molecule has 4 rings (SSSR count). The summed E-state index contributed by atoms with van der Waals surface area (Å²) in [6.45, 7) is 9.22. The molecule has 1 unspecified atom stereocenters. The van der Waals surface area contributed by atoms with E-state index in [1.54, 1.807) is 42.2 Å². The maximum atomic E-state index is 14.2. The monoisotopic (exact) mass is 536 g/mol. The number of hydrogen-bond donors (Lipinski definition) is 3. The molecule has 208 valence electrons. The summed E-state index contributed by atoms with van der Waals surface area (Å²) in [7, 11) is 0. The van der Waals surface area contributed by atoms with Gasteiger partial charge in [-0.2, -0.15) is 5.10 Å². The molecule has 4 atom stereocenters. The SMILES string of the molecule is Cc1cc(Cc2ccc(C(=O)NCC(=O)N3[C@H](C4(C)C=C(F)C=CC4)C[C@H](O)[C@@H]3C(C)C)cc2C)c(=O)[nH]n1. The maximum absolute atomic E-state index is 14.2. The minimum atomic E-state index is -0.736. The molecule has 1 fully saturated rings. The molecule has 1 aromatic carbocycles. The molecule has 2 aliphatic rings. The van der Waals surface area contributed by atoms with Crippen molar-refractivity contribution in [3.05, 3.63) is 86.6 Å². The number of hydrogen-bond acceptors (Lipinski definition) is 5. The van der Waals surface area contributed by atoms with Crippen LogP contribution in [0.2, 0.25) is 0 Å². The van der Waals surface area contributed by atoms with Crippen LogP contribution in [0.15, 0.2) is 53.1 Å². The van der Waals surface area contributed by atoms with Crippen LogP contribution in [-0.4, -0.2) is 56.8 Å². The van der Waals surface area contributed by atoms with Gasteiger partial charge in [-0.3, -0.25) is 14.4 Å². The van der Waals surface area contributed by atoms with Crippen molar-refractivity contribution in [2.75, 3.05) is 6.54 Å². The largest absolute Gasteiger partial charge is 0.391 e. The Hall–Kier alpha value is -3.59. The van der Waals surface area contributed by atoms with Crippen LogP contribution in [0.4, 0.5) is 4.39 Å². The second-order valence-electron chi connectivity index (χ2n) is 11.4. The summed E-state index contributed by atoms with van der Waals surface area (Å²) < 4.78 is 14.2. The molecule has 3 N–H and O–H groups in total. The van der Waals surface area contributed by atoms with Crippen molar-refractivity contribution < 1.29 is 19.1 Å². The third-order valence-corrected chi connectivity index (χ3v) is 7.95. The molecule has 0 bridgehead atoms. The third kappa shape index (κ3) is 6.03. The van der Waals surface area contributed by atoms with E-state index in [1.165, 1.54) is 12.2 Å². The number of nitrogens with one attached hydrogen (secondary N) is 2. The number of aliphatic hydroxyl groups is 1. The van der Waals surface area contributed by atoms with Crippen LogP contribution in [0, 0.1) is 25.2 Å². The average molecular weight is 537 g/mol. The lowest BCUT2D eigenvalue weighted by Gasteiger charge is -2.42. The number of aromatic nitrogens is 2. The fourth-order valence-electron chi connectivity index (χ4n) is 5.93. The number of carbonyl (C=O) groups is 2. The molecule has 0 saturated carbocycles. The number of halogens is 1. The fourth-order valence-corrected chi connectivity index (χ4v) is 5.93. The number of likely N-dealkylation sites (tertiary alicyclic amines) is 1. The normalized spacial score (nSPS) is 24.7. The van der Waals surface area contributed by atoms with Crippen LogP contribution in [-0.2, 0) is 11.2 Å². The summed E-state index contributed by atoms with van der Waals surface area (Å²) in [4.78, 5) is 40.3. The van der Waals surface area contributed by atoms with Gasteiger partial charge in [0.1, 0.15) is 5.83 Å². The molecular weight excluding hydrogens is 499 g/mol. The fraction of sp³-hybridized carbons (Fsp3) is 0.467. The highest BCUT2D eigenvalue weighted by Gasteiger charge is 2.51. The number of aryl methyl sites for hydroxylation is 2. The van der Waals surface area contributed by atoms with Crippen LogP contribution in [0.3, 0.4) is 0 Å². The van der Waals surface area contributed by atoms with Gasteiger partial charge >= 0.3 is 0 Å². The second-order valence-corrected chi connectivity index (χ2v) is 11.4. The molecule has 8 nitrogen and oxygen atoms in total. The number of allylic oxidation sites excluding steroid dienone is 3. The third-order valence-electron chi connectivity index (χ3n) is 7.95. The van der Waals surface area contributed by atoms with Gasteiger partial charge < -0.3 is 15.3 Å². The Morgan fingerprint density at radius 1 is 1.26 bits per heavy atom. The lowest BCUT2D eigenvalue weighted by Crippen LogP contribution is -2.53. The molecule has 1 aliphatic carbocycles. The van der Waals surface area contributed by atoms with Gasteiger partial charge in [0.15, 0.2) is 0 Å². The van der Waals surface area contributed by atoms with E-state index in [-0.39, 0.29) is 29.8 Å². The Morgan fingerprint density at radius 3 is 2.67 bits per heavy atom. The Labute approximate surface area is 228 Å². The summed E-state index contributed by atoms with van der Waals surface area (Å²) in [6, 6.07) is 6.13. The summed E-state index contributed by atoms with van der Waals surface area (Å²) in [5, 5.41) is 20.0. The van der Waals surface area contributed by atoms with Crippen molar-refractivity contribution >= 4 is 11.8 Å². The molecule has 2 heterocycles. The zero-order chi connectivity index (χ0) is 28.5. The van der Waals surface area contributed by atoms with Crippen molar-refractivity contribution in [1.29, 1.82) is 0 Å². The molecule has 0 spiro atoms. The Morgan fingerprint density at radius 2 is 2.00 bits per heavy atom. The van der Waals surface area contributed by atoms with E-state index in [0.29, 0.717) is 36.1 Å². The number of nitrogens with zero attached hydrogens (tertiary/aromatic N) is 2. The average Bonchev–Trinajstić information content (AvgIpc) is 3.24. The van der Waals surface area contributed by atoms with Gasteiger partial charge in [-0.25, -0.2) is 9.49 Å². The number of aliphatic hydroxyl groups excluding tert-OH is 1. The van der Waals surface area contributed by atoms with Crippen molar-refractivity contribution in [3.8, 4) is 0 Å². The molecule has 1 saturated heterocycles. The van der Waals surface area contributed by atoms with Crippen LogP contribution < -0.4 is 10.9 Å². The number of H-pyrrole nitrogens is 1. The zero-order valence-electron chi connectivity index (χ0n) is 23.1. The first-order valence-corrected chi connectivity index (χ1v) is 13.4. The number of carbonyl (C=O) groups excluding carboxylic acids is 2. The van der Waals surface area contributed by atoms with Crippen LogP contribution in [0.5, 0.6) is 0 Å². The molecule has 2 aromatic rings. The zero-order valence-corrected chi connectivity index (χ0v) is 23.1. The predicted molar refractivity (Wildman–Crippen MR) is 147 cm³/mol. The van der Waals surface area contributed by atoms with Crippen LogP contribution in [0.25, 0.3) is 0 Å². The molecule has 9 heteroatoms. The van der Waals surface area contributed by atoms with Crippen LogP contribution >= 0.6 is 0 Å². The first kappa shape index (κ1) is 28.4. The van der Waals surface area contributed by atoms with E-state index >= 15 is 0 Å². The van der Waals surface area contributed by atoms with Gasteiger partial charge in [0.05, 0.1) is 24.4 Å². The van der Waals surface area contributed by atoms with E-state index in [4.69, 9.17) is 0 Å². The minimum Gasteiger partial charge on any atom is -0.391 e. The molecule has 39 heavy (non-hydrogen) atoms. The standard InChI is InChI=1S/C30H37FN4O4/c1-17(2)27-24(36)14-25(30(5)10-6-7-23(31)15-30)35(27)26(37)16-32-28(38)21-9-8-20(18(3)11-21)13-22-12-19(4)33-34-29(22)39/h6-9,11-12,15,17,24-25,27,36H,10,13-14,16H2,1-5H3,(H,32,38)(H,34,39)/t24-,25-,27-,30?/m0/s1. The number of benzene rings is 1. The van der Waals surface area contributed by atoms with Crippen molar-refractivity contribution in [2.45, 2.75) is 72.1 Å². The Bertz CT molecular complexity index is 1380. The summed E-state index contributed by atoms with van der Waals surface area (Å²) in [5.41, 5.74) is 2.54. The number of aromatic amines is 1. The van der Waals surface area contributed by atoms with Crippen molar-refractivity contribution in [2.24, 2.45) is 11.3 Å².